The lowest BCUT2D eigenvalue weighted by Crippen LogP contribution is -1.80. The van der Waals surface area contributed by atoms with Crippen molar-refractivity contribution in [3.05, 3.63) is 163 Å². The predicted octanol–water partition coefficient (Wildman–Crippen LogP) is 10.1. The summed E-state index contributed by atoms with van der Waals surface area (Å²) < 4.78 is 1.29. The average Bonchev–Trinajstić information content (AvgIpc) is 3.81. The lowest BCUT2D eigenvalue weighted by molar-refractivity contribution is 0.111. The van der Waals surface area contributed by atoms with Crippen LogP contribution in [0.15, 0.2) is 132 Å². The Hall–Kier alpha value is -4.53. The van der Waals surface area contributed by atoms with Crippen LogP contribution in [0.1, 0.15) is 37.4 Å². The van der Waals surface area contributed by atoms with Crippen molar-refractivity contribution in [1.29, 1.82) is 0 Å². The highest BCUT2D eigenvalue weighted by molar-refractivity contribution is 14.1. The average molecular weight is 705 g/mol. The molecule has 0 aliphatic carbocycles. The molecule has 43 heavy (non-hydrogen) atoms. The molecule has 0 aliphatic rings. The van der Waals surface area contributed by atoms with Crippen molar-refractivity contribution >= 4 is 57.8 Å². The maximum Gasteiger partial charge on any atom is 0.150 e. The molecule has 6 rings (SSSR count). The highest BCUT2D eigenvalue weighted by atomic mass is 127. The van der Waals surface area contributed by atoms with Crippen LogP contribution in [0.25, 0.3) is 20.9 Å². The highest BCUT2D eigenvalue weighted by Gasteiger charge is 1.98. The first kappa shape index (κ1) is 31.4. The van der Waals surface area contributed by atoms with Crippen molar-refractivity contribution in [1.82, 2.24) is 0 Å². The van der Waals surface area contributed by atoms with Crippen LogP contribution in [0.4, 0.5) is 0 Å². The first-order valence-electron chi connectivity index (χ1n) is 13.1. The SMILES string of the molecule is C#Cc1ccc(C=O)cc1.Ic1ccc(-c2cccs2)cc1.O=Cc1ccc(C#Cc2ccc(-c3cccs3)cc2)cc1. The van der Waals surface area contributed by atoms with Crippen molar-refractivity contribution in [2.75, 3.05) is 0 Å². The summed E-state index contributed by atoms with van der Waals surface area (Å²) in [5, 5.41) is 4.18. The number of hydrogen-bond donors (Lipinski definition) is 0. The number of carbonyl (C=O) groups is 2. The fraction of sp³-hybridized carbons (Fsp3) is 0. The number of rotatable bonds is 4. The Kier molecular flexibility index (Phi) is 12.3. The Morgan fingerprint density at radius 3 is 1.30 bits per heavy atom. The van der Waals surface area contributed by atoms with Crippen molar-refractivity contribution in [2.45, 2.75) is 0 Å². The minimum Gasteiger partial charge on any atom is -0.298 e. The number of thiophene rings is 2. The van der Waals surface area contributed by atoms with Crippen LogP contribution >= 0.6 is 45.3 Å². The van der Waals surface area contributed by atoms with Gasteiger partial charge in [-0.25, -0.2) is 0 Å². The van der Waals surface area contributed by atoms with Crippen LogP contribution in [0, 0.1) is 27.8 Å². The van der Waals surface area contributed by atoms with Crippen LogP contribution in [-0.4, -0.2) is 12.6 Å². The zero-order valence-corrected chi connectivity index (χ0v) is 26.7. The summed E-state index contributed by atoms with van der Waals surface area (Å²) in [6.45, 7) is 0. The molecule has 0 aliphatic heterocycles. The van der Waals surface area contributed by atoms with E-state index < -0.39 is 0 Å². The molecule has 0 radical (unpaired) electrons. The van der Waals surface area contributed by atoms with Gasteiger partial charge in [0.2, 0.25) is 0 Å². The quantitative estimate of drug-likeness (QED) is 0.104. The van der Waals surface area contributed by atoms with Gasteiger partial charge in [-0.1, -0.05) is 78.4 Å². The minimum absolute atomic E-state index is 0.652. The predicted molar refractivity (Wildman–Crippen MR) is 190 cm³/mol. The standard InChI is InChI=1S/C19H12OS.C10H7IS.C9H6O/c20-14-17-7-5-15(6-8-17)3-4-16-9-11-18(12-10-16)19-2-1-13-21-19;11-9-5-3-8(4-6-9)10-2-1-7-12-10;1-2-8-3-5-9(7-10)6-4-8/h1-2,5-14H;1-7H;1,3-7H. The van der Waals surface area contributed by atoms with E-state index in [1.165, 1.54) is 24.5 Å². The third-order valence-electron chi connectivity index (χ3n) is 5.95. The number of halogens is 1. The van der Waals surface area contributed by atoms with Gasteiger partial charge in [0.1, 0.15) is 12.6 Å². The molecule has 0 atom stereocenters. The van der Waals surface area contributed by atoms with Crippen molar-refractivity contribution in [2.24, 2.45) is 0 Å². The zero-order valence-electron chi connectivity index (χ0n) is 22.9. The summed E-state index contributed by atoms with van der Waals surface area (Å²) in [7, 11) is 0. The van der Waals surface area contributed by atoms with Gasteiger partial charge in [-0.2, -0.15) is 0 Å². The Morgan fingerprint density at radius 1 is 0.535 bits per heavy atom. The summed E-state index contributed by atoms with van der Waals surface area (Å²) in [5.74, 6) is 8.70. The molecule has 0 fully saturated rings. The maximum atomic E-state index is 10.6. The molecular formula is C38H25IO2S2. The molecule has 0 saturated heterocycles. The summed E-state index contributed by atoms with van der Waals surface area (Å²) in [5.41, 5.74) is 6.53. The van der Waals surface area contributed by atoms with Crippen LogP contribution in [-0.2, 0) is 0 Å². The maximum absolute atomic E-state index is 10.6. The Labute approximate surface area is 274 Å². The topological polar surface area (TPSA) is 34.1 Å². The van der Waals surface area contributed by atoms with Gasteiger partial charge < -0.3 is 0 Å². The van der Waals surface area contributed by atoms with Gasteiger partial charge in [0.15, 0.2) is 0 Å². The number of benzene rings is 4. The molecule has 0 amide bonds. The molecule has 0 bridgehead atoms. The van der Waals surface area contributed by atoms with Gasteiger partial charge in [0.05, 0.1) is 0 Å². The number of hydrogen-bond acceptors (Lipinski definition) is 4. The van der Waals surface area contributed by atoms with E-state index in [1.54, 1.807) is 59.1 Å². The van der Waals surface area contributed by atoms with Crippen molar-refractivity contribution in [3.63, 3.8) is 0 Å². The summed E-state index contributed by atoms with van der Waals surface area (Å²) >= 11 is 5.83. The second kappa shape index (κ2) is 16.8. The van der Waals surface area contributed by atoms with E-state index in [0.29, 0.717) is 11.1 Å². The fourth-order valence-corrected chi connectivity index (χ4v) is 5.49. The van der Waals surface area contributed by atoms with Crippen LogP contribution < -0.4 is 0 Å². The molecule has 4 aromatic carbocycles. The first-order valence-corrected chi connectivity index (χ1v) is 15.9. The lowest BCUT2D eigenvalue weighted by Gasteiger charge is -1.97. The number of aldehydes is 2. The van der Waals surface area contributed by atoms with Gasteiger partial charge in [0.25, 0.3) is 0 Å². The molecule has 0 N–H and O–H groups in total. The molecule has 6 aromatic rings. The van der Waals surface area contributed by atoms with E-state index in [0.717, 1.165) is 29.3 Å². The third-order valence-corrected chi connectivity index (χ3v) is 8.51. The Morgan fingerprint density at radius 2 is 0.930 bits per heavy atom. The van der Waals surface area contributed by atoms with E-state index in [9.17, 15) is 9.59 Å². The van der Waals surface area contributed by atoms with Crippen molar-refractivity contribution in [3.8, 4) is 45.1 Å². The molecule has 0 spiro atoms. The van der Waals surface area contributed by atoms with Gasteiger partial charge in [-0.15, -0.1) is 29.1 Å². The summed E-state index contributed by atoms with van der Waals surface area (Å²) in [4.78, 5) is 23.3. The molecule has 2 heterocycles. The molecule has 0 saturated carbocycles. The van der Waals surface area contributed by atoms with Gasteiger partial charge in [-0.05, 0) is 105 Å². The van der Waals surface area contributed by atoms with Crippen molar-refractivity contribution < 1.29 is 9.59 Å². The molecule has 5 heteroatoms. The van der Waals surface area contributed by atoms with E-state index in [1.807, 2.05) is 24.3 Å². The molecule has 2 aromatic heterocycles. The minimum atomic E-state index is 0.652. The summed E-state index contributed by atoms with van der Waals surface area (Å²) in [6, 6.07) is 39.4. The van der Waals surface area contributed by atoms with E-state index >= 15 is 0 Å². The van der Waals surface area contributed by atoms with E-state index in [-0.39, 0.29) is 0 Å². The third kappa shape index (κ3) is 10.1. The number of terminal acetylenes is 1. The van der Waals surface area contributed by atoms with Crippen LogP contribution in [0.5, 0.6) is 0 Å². The van der Waals surface area contributed by atoms with Gasteiger partial charge in [-0.3, -0.25) is 9.59 Å². The molecule has 208 valence electrons. The normalized spacial score (nSPS) is 9.49. The first-order chi connectivity index (χ1) is 21.1. The zero-order chi connectivity index (χ0) is 30.3. The molecule has 2 nitrogen and oxygen atoms in total. The van der Waals surface area contributed by atoms with E-state index in [2.05, 4.69) is 112 Å². The number of carbonyl (C=O) groups excluding carboxylic acids is 2. The largest absolute Gasteiger partial charge is 0.298 e. The Balaban J connectivity index is 0.000000163. The highest BCUT2D eigenvalue weighted by Crippen LogP contribution is 2.25. The smallest absolute Gasteiger partial charge is 0.150 e. The summed E-state index contributed by atoms with van der Waals surface area (Å²) in [6.07, 6.45) is 6.73. The monoisotopic (exact) mass is 704 g/mol. The lowest BCUT2D eigenvalue weighted by atomic mass is 10.1. The van der Waals surface area contributed by atoms with Crippen LogP contribution in [0.2, 0.25) is 0 Å². The second-order valence-electron chi connectivity index (χ2n) is 8.91. The van der Waals surface area contributed by atoms with Gasteiger partial charge in [0, 0.05) is 41.1 Å². The van der Waals surface area contributed by atoms with E-state index in [4.69, 9.17) is 6.42 Å². The van der Waals surface area contributed by atoms with Crippen LogP contribution in [0.3, 0.4) is 0 Å². The molecule has 0 unspecified atom stereocenters. The Bertz CT molecular complexity index is 1820. The molecular weight excluding hydrogens is 679 g/mol. The second-order valence-corrected chi connectivity index (χ2v) is 12.1. The van der Waals surface area contributed by atoms with Gasteiger partial charge >= 0.3 is 0 Å². The fourth-order valence-electron chi connectivity index (χ4n) is 3.66.